The molecule has 2 nitrogen and oxygen atoms in total. The van der Waals surface area contributed by atoms with Gasteiger partial charge in [-0.2, -0.15) is 0 Å². The van der Waals surface area contributed by atoms with Gasteiger partial charge in [-0.05, 0) is 35.7 Å². The zero-order valence-electron chi connectivity index (χ0n) is 10.2. The van der Waals surface area contributed by atoms with E-state index in [0.717, 1.165) is 4.88 Å². The summed E-state index contributed by atoms with van der Waals surface area (Å²) in [5.41, 5.74) is 11.6. The molecule has 5 heteroatoms. The fourth-order valence-electron chi connectivity index (χ4n) is 1.82. The lowest BCUT2D eigenvalue weighted by atomic mass is 10.2. The molecule has 0 spiro atoms. The second-order valence-electron chi connectivity index (χ2n) is 4.19. The number of nitrogens with two attached hydrogens (primary N) is 2. The minimum Gasteiger partial charge on any atom is -0.329 e. The largest absolute Gasteiger partial charge is 0.329 e. The van der Waals surface area contributed by atoms with Gasteiger partial charge in [-0.25, -0.2) is 0 Å². The maximum atomic E-state index is 5.96. The fraction of sp³-hybridized carbons (Fsp3) is 0.143. The zero-order valence-corrected chi connectivity index (χ0v) is 12.7. The quantitative estimate of drug-likeness (QED) is 0.760. The Labute approximate surface area is 124 Å². The molecule has 0 radical (unpaired) electrons. The molecule has 3 rings (SSSR count). The van der Waals surface area contributed by atoms with Crippen LogP contribution in [0.4, 0.5) is 0 Å². The molecule has 0 bridgehead atoms. The first-order chi connectivity index (χ1) is 9.28. The Kier molecular flexibility index (Phi) is 3.81. The monoisotopic (exact) mass is 306 g/mol. The van der Waals surface area contributed by atoms with Crippen LogP contribution in [0.3, 0.4) is 0 Å². The third-order valence-corrected chi connectivity index (χ3v) is 6.42. The lowest BCUT2D eigenvalue weighted by Gasteiger charge is -2.03. The third-order valence-electron chi connectivity index (χ3n) is 2.86. The van der Waals surface area contributed by atoms with E-state index in [9.17, 15) is 0 Å². The molecule has 0 saturated heterocycles. The van der Waals surface area contributed by atoms with Crippen molar-refractivity contribution in [3.8, 4) is 19.5 Å². The van der Waals surface area contributed by atoms with Crippen LogP contribution in [-0.2, 0) is 0 Å². The molecule has 0 aliphatic carbocycles. The smallest absolute Gasteiger partial charge is 0.0514 e. The molecule has 1 atom stereocenters. The lowest BCUT2D eigenvalue weighted by molar-refractivity contribution is 0.752. The van der Waals surface area contributed by atoms with Crippen molar-refractivity contribution in [3.63, 3.8) is 0 Å². The Morgan fingerprint density at radius 3 is 2.26 bits per heavy atom. The molecule has 0 aliphatic rings. The van der Waals surface area contributed by atoms with E-state index in [1.54, 1.807) is 22.7 Å². The number of hydrogen-bond acceptors (Lipinski definition) is 5. The molecule has 3 aromatic heterocycles. The van der Waals surface area contributed by atoms with Crippen molar-refractivity contribution in [3.05, 3.63) is 46.7 Å². The van der Waals surface area contributed by atoms with E-state index in [4.69, 9.17) is 11.5 Å². The summed E-state index contributed by atoms with van der Waals surface area (Å²) in [5.74, 6) is 0. The van der Waals surface area contributed by atoms with E-state index in [0.29, 0.717) is 6.54 Å². The first kappa shape index (κ1) is 13.0. The minimum absolute atomic E-state index is 0.0459. The van der Waals surface area contributed by atoms with E-state index in [2.05, 4.69) is 41.8 Å². The molecule has 1 unspecified atom stereocenters. The van der Waals surface area contributed by atoms with Gasteiger partial charge in [0.15, 0.2) is 0 Å². The third kappa shape index (κ3) is 2.66. The first-order valence-electron chi connectivity index (χ1n) is 5.97. The van der Waals surface area contributed by atoms with Crippen molar-refractivity contribution in [1.82, 2.24) is 0 Å². The van der Waals surface area contributed by atoms with Gasteiger partial charge in [0.05, 0.1) is 6.04 Å². The van der Waals surface area contributed by atoms with E-state index in [1.165, 1.54) is 19.5 Å². The predicted molar refractivity (Wildman–Crippen MR) is 86.9 cm³/mol. The number of hydrogen-bond donors (Lipinski definition) is 2. The standard InChI is InChI=1S/C14H14N2S3/c15-8-9(16)10-3-4-13(18-10)14-6-5-12(19-14)11-2-1-7-17-11/h1-7,9H,8,15-16H2. The SMILES string of the molecule is NCC(N)c1ccc(-c2ccc(-c3cccs3)s2)s1. The van der Waals surface area contributed by atoms with Crippen LogP contribution < -0.4 is 11.5 Å². The van der Waals surface area contributed by atoms with Gasteiger partial charge in [0, 0.05) is 30.9 Å². The summed E-state index contributed by atoms with van der Waals surface area (Å²) < 4.78 is 0. The van der Waals surface area contributed by atoms with Gasteiger partial charge >= 0.3 is 0 Å². The van der Waals surface area contributed by atoms with Crippen LogP contribution in [0.5, 0.6) is 0 Å². The maximum absolute atomic E-state index is 5.96. The van der Waals surface area contributed by atoms with Gasteiger partial charge in [-0.15, -0.1) is 34.0 Å². The first-order valence-corrected chi connectivity index (χ1v) is 8.48. The average Bonchev–Trinajstić information content (AvgIpc) is 3.14. The molecule has 3 aromatic rings. The van der Waals surface area contributed by atoms with Crippen molar-refractivity contribution in [2.75, 3.05) is 6.54 Å². The summed E-state index contributed by atoms with van der Waals surface area (Å²) in [6, 6.07) is 12.8. The zero-order chi connectivity index (χ0) is 13.2. The summed E-state index contributed by atoms with van der Waals surface area (Å²) in [4.78, 5) is 6.37. The normalized spacial score (nSPS) is 12.7. The Balaban J connectivity index is 1.89. The van der Waals surface area contributed by atoms with Crippen molar-refractivity contribution in [2.24, 2.45) is 11.5 Å². The van der Waals surface area contributed by atoms with Crippen molar-refractivity contribution < 1.29 is 0 Å². The summed E-state index contributed by atoms with van der Waals surface area (Å²) in [7, 11) is 0. The molecule has 0 amide bonds. The number of rotatable bonds is 4. The molecule has 0 saturated carbocycles. The van der Waals surface area contributed by atoms with Crippen LogP contribution in [0.15, 0.2) is 41.8 Å². The molecule has 4 N–H and O–H groups in total. The Morgan fingerprint density at radius 1 is 0.895 bits per heavy atom. The van der Waals surface area contributed by atoms with E-state index in [-0.39, 0.29) is 6.04 Å². The van der Waals surface area contributed by atoms with Gasteiger partial charge in [-0.1, -0.05) is 6.07 Å². The van der Waals surface area contributed by atoms with Crippen LogP contribution >= 0.6 is 34.0 Å². The molecule has 19 heavy (non-hydrogen) atoms. The Bertz CT molecular complexity index is 652. The molecule has 0 aliphatic heterocycles. The maximum Gasteiger partial charge on any atom is 0.0514 e. The van der Waals surface area contributed by atoms with Crippen LogP contribution in [0, 0.1) is 0 Å². The van der Waals surface area contributed by atoms with Crippen LogP contribution in [-0.4, -0.2) is 6.54 Å². The van der Waals surface area contributed by atoms with Crippen LogP contribution in [0.25, 0.3) is 19.5 Å². The summed E-state index contributed by atoms with van der Waals surface area (Å²) in [6.45, 7) is 0.491. The summed E-state index contributed by atoms with van der Waals surface area (Å²) in [6.07, 6.45) is 0. The van der Waals surface area contributed by atoms with Crippen molar-refractivity contribution >= 4 is 34.0 Å². The van der Waals surface area contributed by atoms with E-state index < -0.39 is 0 Å². The van der Waals surface area contributed by atoms with Gasteiger partial charge < -0.3 is 11.5 Å². The fourth-order valence-corrected chi connectivity index (χ4v) is 4.78. The predicted octanol–water partition coefficient (Wildman–Crippen LogP) is 4.16. The Morgan fingerprint density at radius 2 is 1.58 bits per heavy atom. The molecule has 98 valence electrons. The van der Waals surface area contributed by atoms with Crippen molar-refractivity contribution in [2.45, 2.75) is 6.04 Å². The highest BCUT2D eigenvalue weighted by atomic mass is 32.1. The molecule has 0 fully saturated rings. The van der Waals surface area contributed by atoms with E-state index in [1.807, 2.05) is 11.3 Å². The second kappa shape index (κ2) is 5.56. The van der Waals surface area contributed by atoms with Gasteiger partial charge in [0.2, 0.25) is 0 Å². The van der Waals surface area contributed by atoms with Crippen LogP contribution in [0.1, 0.15) is 10.9 Å². The molecule has 3 heterocycles. The highest BCUT2D eigenvalue weighted by Gasteiger charge is 2.11. The van der Waals surface area contributed by atoms with Gasteiger partial charge in [-0.3, -0.25) is 0 Å². The molecular formula is C14H14N2S3. The van der Waals surface area contributed by atoms with Gasteiger partial charge in [0.1, 0.15) is 0 Å². The number of thiophene rings is 3. The molecular weight excluding hydrogens is 292 g/mol. The van der Waals surface area contributed by atoms with Crippen molar-refractivity contribution in [1.29, 1.82) is 0 Å². The minimum atomic E-state index is -0.0459. The lowest BCUT2D eigenvalue weighted by Crippen LogP contribution is -2.19. The molecule has 0 aromatic carbocycles. The van der Waals surface area contributed by atoms with Gasteiger partial charge in [0.25, 0.3) is 0 Å². The highest BCUT2D eigenvalue weighted by Crippen LogP contribution is 2.39. The average molecular weight is 306 g/mol. The van der Waals surface area contributed by atoms with Crippen LogP contribution in [0.2, 0.25) is 0 Å². The summed E-state index contributed by atoms with van der Waals surface area (Å²) >= 11 is 5.34. The van der Waals surface area contributed by atoms with E-state index >= 15 is 0 Å². The topological polar surface area (TPSA) is 52.0 Å². The Hall–Kier alpha value is -0.980. The second-order valence-corrected chi connectivity index (χ2v) is 7.33. The summed E-state index contributed by atoms with van der Waals surface area (Å²) in [5, 5.41) is 2.11. The highest BCUT2D eigenvalue weighted by molar-refractivity contribution is 7.26.